The molecule has 21 heavy (non-hydrogen) atoms. The number of anilines is 1. The molecule has 108 valence electrons. The molecule has 0 saturated heterocycles. The van der Waals surface area contributed by atoms with Crippen LogP contribution in [0.3, 0.4) is 0 Å². The Kier molecular flexibility index (Phi) is 3.60. The normalized spacial score (nSPS) is 12.8. The van der Waals surface area contributed by atoms with Gasteiger partial charge in [-0.25, -0.2) is 4.39 Å². The van der Waals surface area contributed by atoms with Crippen LogP contribution in [-0.4, -0.2) is 12.4 Å². The third kappa shape index (κ3) is 2.75. The summed E-state index contributed by atoms with van der Waals surface area (Å²) in [6.45, 7) is 0.720. The van der Waals surface area contributed by atoms with E-state index in [1.807, 2.05) is 12.1 Å². The van der Waals surface area contributed by atoms with E-state index in [1.54, 1.807) is 6.07 Å². The van der Waals surface area contributed by atoms with Crippen LogP contribution in [0.5, 0.6) is 5.75 Å². The van der Waals surface area contributed by atoms with Crippen LogP contribution in [0.15, 0.2) is 36.4 Å². The second-order valence-corrected chi connectivity index (χ2v) is 5.16. The number of fused-ring (bicyclic) bond motifs is 1. The number of carbonyl (C=O) groups is 1. The van der Waals surface area contributed by atoms with E-state index in [1.165, 1.54) is 17.7 Å². The molecule has 0 saturated carbocycles. The minimum Gasteiger partial charge on any atom is -0.493 e. The Morgan fingerprint density at radius 2 is 2.14 bits per heavy atom. The largest absolute Gasteiger partial charge is 0.493 e. The molecular weight excluding hydrogens is 269 g/mol. The lowest BCUT2D eigenvalue weighted by Crippen LogP contribution is -2.06. The molecule has 3 nitrogen and oxygen atoms in total. The Labute approximate surface area is 122 Å². The van der Waals surface area contributed by atoms with Crippen LogP contribution in [0.2, 0.25) is 0 Å². The number of benzene rings is 2. The minimum absolute atomic E-state index is 0.0650. The first-order valence-electron chi connectivity index (χ1n) is 6.97. The summed E-state index contributed by atoms with van der Waals surface area (Å²) in [5.74, 6) is 0.249. The molecule has 2 aromatic rings. The topological polar surface area (TPSA) is 52.3 Å². The molecule has 3 rings (SSSR count). The van der Waals surface area contributed by atoms with Crippen molar-refractivity contribution in [2.45, 2.75) is 19.3 Å². The fourth-order valence-electron chi connectivity index (χ4n) is 2.57. The van der Waals surface area contributed by atoms with E-state index in [0.717, 1.165) is 24.3 Å². The van der Waals surface area contributed by atoms with Crippen LogP contribution in [0.4, 0.5) is 10.1 Å². The third-order valence-electron chi connectivity index (χ3n) is 3.75. The van der Waals surface area contributed by atoms with Crippen molar-refractivity contribution in [2.24, 2.45) is 0 Å². The molecule has 0 aliphatic carbocycles. The van der Waals surface area contributed by atoms with Crippen LogP contribution in [0.25, 0.3) is 0 Å². The molecule has 0 unspecified atom stereocenters. The zero-order chi connectivity index (χ0) is 14.8. The van der Waals surface area contributed by atoms with Gasteiger partial charge in [0.15, 0.2) is 5.78 Å². The summed E-state index contributed by atoms with van der Waals surface area (Å²) in [7, 11) is 0. The van der Waals surface area contributed by atoms with Gasteiger partial charge < -0.3 is 10.5 Å². The maximum atomic E-state index is 13.4. The van der Waals surface area contributed by atoms with Gasteiger partial charge in [-0.15, -0.1) is 0 Å². The summed E-state index contributed by atoms with van der Waals surface area (Å²) in [5, 5.41) is 0. The van der Waals surface area contributed by atoms with Crippen LogP contribution < -0.4 is 10.5 Å². The molecule has 1 heterocycles. The maximum absolute atomic E-state index is 13.4. The molecule has 0 amide bonds. The Hall–Kier alpha value is -2.36. The van der Waals surface area contributed by atoms with Gasteiger partial charge in [0.2, 0.25) is 0 Å². The first-order valence-corrected chi connectivity index (χ1v) is 6.97. The number of hydrogen-bond acceptors (Lipinski definition) is 3. The fourth-order valence-corrected chi connectivity index (χ4v) is 2.57. The van der Waals surface area contributed by atoms with E-state index in [9.17, 15) is 9.18 Å². The molecule has 1 aliphatic heterocycles. The highest BCUT2D eigenvalue weighted by atomic mass is 19.1. The van der Waals surface area contributed by atoms with Gasteiger partial charge in [0.05, 0.1) is 12.3 Å². The summed E-state index contributed by atoms with van der Waals surface area (Å²) >= 11 is 0. The van der Waals surface area contributed by atoms with Gasteiger partial charge >= 0.3 is 0 Å². The number of nitrogen functional groups attached to an aromatic ring is 1. The quantitative estimate of drug-likeness (QED) is 0.693. The molecule has 0 fully saturated rings. The molecule has 0 bridgehead atoms. The molecule has 2 aromatic carbocycles. The molecule has 0 atom stereocenters. The Bertz CT molecular complexity index is 697. The summed E-state index contributed by atoms with van der Waals surface area (Å²) in [6, 6.07) is 10.3. The number of nitrogens with two attached hydrogens (primary N) is 1. The molecule has 0 spiro atoms. The highest BCUT2D eigenvalue weighted by molar-refractivity contribution is 6.00. The number of carbonyl (C=O) groups excluding carboxylic acids is 1. The molecule has 4 heteroatoms. The zero-order valence-corrected chi connectivity index (χ0v) is 11.6. The molecule has 2 N–H and O–H groups in total. The van der Waals surface area contributed by atoms with Gasteiger partial charge in [0.1, 0.15) is 11.6 Å². The van der Waals surface area contributed by atoms with Crippen molar-refractivity contribution in [3.8, 4) is 5.75 Å². The fraction of sp³-hybridized carbons (Fsp3) is 0.235. The number of halogens is 1. The van der Waals surface area contributed by atoms with Crippen molar-refractivity contribution in [3.63, 3.8) is 0 Å². The van der Waals surface area contributed by atoms with Crippen LogP contribution in [0.1, 0.15) is 27.9 Å². The van der Waals surface area contributed by atoms with Crippen molar-refractivity contribution in [1.29, 1.82) is 0 Å². The predicted molar refractivity (Wildman–Crippen MR) is 79.1 cm³/mol. The average molecular weight is 285 g/mol. The van der Waals surface area contributed by atoms with Crippen LogP contribution in [-0.2, 0) is 12.8 Å². The van der Waals surface area contributed by atoms with Gasteiger partial charge in [0.25, 0.3) is 0 Å². The van der Waals surface area contributed by atoms with Crippen molar-refractivity contribution in [2.75, 3.05) is 12.3 Å². The van der Waals surface area contributed by atoms with Crippen LogP contribution in [0, 0.1) is 5.82 Å². The van der Waals surface area contributed by atoms with E-state index < -0.39 is 5.82 Å². The van der Waals surface area contributed by atoms with Gasteiger partial charge in [-0.1, -0.05) is 18.2 Å². The number of hydrogen-bond donors (Lipinski definition) is 1. The van der Waals surface area contributed by atoms with E-state index in [-0.39, 0.29) is 17.0 Å². The lowest BCUT2D eigenvalue weighted by molar-refractivity contribution is 0.0983. The second kappa shape index (κ2) is 5.56. The summed E-state index contributed by atoms with van der Waals surface area (Å²) in [6.07, 6.45) is 1.84. The summed E-state index contributed by atoms with van der Waals surface area (Å²) < 4.78 is 18.8. The smallest absolute Gasteiger partial charge is 0.165 e. The number of para-hydroxylation sites is 1. The standard InChI is InChI=1S/C17H16FNO2/c18-14-3-1-2-13(17(14)19)15(20)6-4-11-5-7-16-12(10-11)8-9-21-16/h1-3,5,7,10H,4,6,8-9,19H2. The first kappa shape index (κ1) is 13.6. The number of aryl methyl sites for hydroxylation is 1. The highest BCUT2D eigenvalue weighted by Crippen LogP contribution is 2.26. The number of Topliss-reactive ketones (excluding diaryl/α,β-unsaturated/α-hetero) is 1. The SMILES string of the molecule is Nc1c(F)cccc1C(=O)CCc1ccc2c(c1)CCO2. The van der Waals surface area contributed by atoms with Crippen molar-refractivity contribution in [1.82, 2.24) is 0 Å². The van der Waals surface area contributed by atoms with E-state index in [4.69, 9.17) is 10.5 Å². The monoisotopic (exact) mass is 285 g/mol. The maximum Gasteiger partial charge on any atom is 0.165 e. The third-order valence-corrected chi connectivity index (χ3v) is 3.75. The Morgan fingerprint density at radius 3 is 3.00 bits per heavy atom. The zero-order valence-electron chi connectivity index (χ0n) is 11.6. The summed E-state index contributed by atoms with van der Waals surface area (Å²) in [4.78, 5) is 12.2. The predicted octanol–water partition coefficient (Wildman–Crippen LogP) is 3.16. The van der Waals surface area contributed by atoms with Crippen molar-refractivity contribution in [3.05, 3.63) is 58.9 Å². The molecule has 0 radical (unpaired) electrons. The lowest BCUT2D eigenvalue weighted by Gasteiger charge is -2.07. The van der Waals surface area contributed by atoms with Crippen molar-refractivity contribution >= 4 is 11.5 Å². The molecule has 0 aromatic heterocycles. The van der Waals surface area contributed by atoms with Gasteiger partial charge in [-0.05, 0) is 35.7 Å². The molecular formula is C17H16FNO2. The van der Waals surface area contributed by atoms with E-state index in [0.29, 0.717) is 12.8 Å². The highest BCUT2D eigenvalue weighted by Gasteiger charge is 2.15. The Morgan fingerprint density at radius 1 is 1.29 bits per heavy atom. The van der Waals surface area contributed by atoms with Crippen molar-refractivity contribution < 1.29 is 13.9 Å². The summed E-state index contributed by atoms with van der Waals surface area (Å²) in [5.41, 5.74) is 8.08. The van der Waals surface area contributed by atoms with E-state index in [2.05, 4.69) is 6.07 Å². The van der Waals surface area contributed by atoms with Gasteiger partial charge in [-0.2, -0.15) is 0 Å². The first-order chi connectivity index (χ1) is 10.1. The number of rotatable bonds is 4. The average Bonchev–Trinajstić information content (AvgIpc) is 2.95. The number of ketones is 1. The van der Waals surface area contributed by atoms with Gasteiger partial charge in [-0.3, -0.25) is 4.79 Å². The minimum atomic E-state index is -0.546. The van der Waals surface area contributed by atoms with E-state index >= 15 is 0 Å². The Balaban J connectivity index is 1.70. The van der Waals surface area contributed by atoms with Crippen LogP contribution >= 0.6 is 0 Å². The number of ether oxygens (including phenoxy) is 1. The van der Waals surface area contributed by atoms with Gasteiger partial charge in [0, 0.05) is 18.4 Å². The second-order valence-electron chi connectivity index (χ2n) is 5.16. The molecule has 1 aliphatic rings. The lowest BCUT2D eigenvalue weighted by atomic mass is 10.00.